The smallest absolute Gasteiger partial charge is 0.339 e. The number of ether oxygens (including phenoxy) is 1. The SMILES string of the molecule is NS(=O)(=O)c1ccc(Br)c(C(=O)OCC(=O)c2ccc(Br)s2)c1. The summed E-state index contributed by atoms with van der Waals surface area (Å²) in [5.74, 6) is -1.18. The number of rotatable bonds is 5. The maximum Gasteiger partial charge on any atom is 0.339 e. The monoisotopic (exact) mass is 481 g/mol. The first-order chi connectivity index (χ1) is 10.7. The van der Waals surface area contributed by atoms with E-state index in [2.05, 4.69) is 31.9 Å². The standard InChI is InChI=1S/C13H9Br2NO5S2/c14-9-2-1-7(23(16,19)20)5-8(9)13(18)21-6-10(17)11-3-4-12(15)22-11/h1-5H,6H2,(H2,16,19,20). The Kier molecular flexibility index (Phi) is 5.74. The van der Waals surface area contributed by atoms with E-state index in [1.54, 1.807) is 12.1 Å². The molecule has 1 aromatic carbocycles. The molecule has 23 heavy (non-hydrogen) atoms. The van der Waals surface area contributed by atoms with Gasteiger partial charge in [0.2, 0.25) is 15.8 Å². The average molecular weight is 483 g/mol. The number of esters is 1. The molecule has 0 spiro atoms. The zero-order chi connectivity index (χ0) is 17.2. The summed E-state index contributed by atoms with van der Waals surface area (Å²) in [5.41, 5.74) is -0.0308. The fourth-order valence-electron chi connectivity index (χ4n) is 1.58. The third-order valence-corrected chi connectivity index (χ3v) is 5.94. The van der Waals surface area contributed by atoms with Gasteiger partial charge in [-0.15, -0.1) is 11.3 Å². The normalized spacial score (nSPS) is 11.3. The van der Waals surface area contributed by atoms with Gasteiger partial charge in [-0.25, -0.2) is 18.4 Å². The van der Waals surface area contributed by atoms with Crippen LogP contribution in [0.4, 0.5) is 0 Å². The van der Waals surface area contributed by atoms with E-state index in [-0.39, 0.29) is 16.2 Å². The molecular formula is C13H9Br2NO5S2. The average Bonchev–Trinajstić information content (AvgIpc) is 2.90. The quantitative estimate of drug-likeness (QED) is 0.521. The van der Waals surface area contributed by atoms with Gasteiger partial charge in [-0.05, 0) is 62.2 Å². The minimum atomic E-state index is -3.95. The van der Waals surface area contributed by atoms with Crippen molar-refractivity contribution in [1.82, 2.24) is 0 Å². The van der Waals surface area contributed by atoms with Gasteiger partial charge in [0.15, 0.2) is 6.61 Å². The Hall–Kier alpha value is -1.07. The molecule has 0 aliphatic rings. The lowest BCUT2D eigenvalue weighted by Crippen LogP contribution is -2.16. The van der Waals surface area contributed by atoms with Gasteiger partial charge in [-0.3, -0.25) is 4.79 Å². The largest absolute Gasteiger partial charge is 0.454 e. The van der Waals surface area contributed by atoms with Crippen LogP contribution in [0.2, 0.25) is 0 Å². The van der Waals surface area contributed by atoms with E-state index in [1.165, 1.54) is 23.5 Å². The first-order valence-corrected chi connectivity index (χ1v) is 9.91. The van der Waals surface area contributed by atoms with Gasteiger partial charge in [-0.1, -0.05) is 0 Å². The summed E-state index contributed by atoms with van der Waals surface area (Å²) < 4.78 is 28.7. The minimum absolute atomic E-state index is 0.0308. The summed E-state index contributed by atoms with van der Waals surface area (Å²) >= 11 is 7.59. The van der Waals surface area contributed by atoms with Crippen LogP contribution >= 0.6 is 43.2 Å². The summed E-state index contributed by atoms with van der Waals surface area (Å²) in [6.07, 6.45) is 0. The van der Waals surface area contributed by atoms with Gasteiger partial charge < -0.3 is 4.74 Å². The number of nitrogens with two attached hydrogens (primary N) is 1. The number of carbonyl (C=O) groups is 2. The summed E-state index contributed by atoms with van der Waals surface area (Å²) in [4.78, 5) is 24.2. The van der Waals surface area contributed by atoms with Crippen LogP contribution in [0, 0.1) is 0 Å². The van der Waals surface area contributed by atoms with E-state index in [4.69, 9.17) is 9.88 Å². The predicted octanol–water partition coefficient (Wildman–Crippen LogP) is 2.96. The van der Waals surface area contributed by atoms with E-state index >= 15 is 0 Å². The Morgan fingerprint density at radius 2 is 1.87 bits per heavy atom. The van der Waals surface area contributed by atoms with E-state index in [0.29, 0.717) is 9.35 Å². The number of thiophene rings is 1. The molecule has 122 valence electrons. The molecule has 1 aromatic heterocycles. The number of benzene rings is 1. The van der Waals surface area contributed by atoms with Crippen molar-refractivity contribution >= 4 is 65.0 Å². The summed E-state index contributed by atoms with van der Waals surface area (Å²) in [7, 11) is -3.95. The Labute approximate surface area is 152 Å². The number of Topliss-reactive ketones (excluding diaryl/α,β-unsaturated/α-hetero) is 1. The molecule has 0 bridgehead atoms. The highest BCUT2D eigenvalue weighted by atomic mass is 79.9. The van der Waals surface area contributed by atoms with Gasteiger partial charge in [0.1, 0.15) is 0 Å². The highest BCUT2D eigenvalue weighted by Crippen LogP contribution is 2.23. The van der Waals surface area contributed by atoms with Crippen molar-refractivity contribution in [2.75, 3.05) is 6.61 Å². The number of ketones is 1. The second kappa shape index (κ2) is 7.22. The summed E-state index contributed by atoms with van der Waals surface area (Å²) in [6.45, 7) is -0.447. The molecule has 1 heterocycles. The molecule has 0 amide bonds. The van der Waals surface area contributed by atoms with E-state index in [9.17, 15) is 18.0 Å². The highest BCUT2D eigenvalue weighted by Gasteiger charge is 2.18. The van der Waals surface area contributed by atoms with Crippen molar-refractivity contribution in [2.24, 2.45) is 5.14 Å². The molecular weight excluding hydrogens is 474 g/mol. The van der Waals surface area contributed by atoms with Crippen molar-refractivity contribution in [3.63, 3.8) is 0 Å². The molecule has 2 aromatic rings. The summed E-state index contributed by atoms with van der Waals surface area (Å²) in [6, 6.07) is 7.04. The number of hydrogen-bond acceptors (Lipinski definition) is 6. The van der Waals surface area contributed by atoms with Crippen LogP contribution in [0.3, 0.4) is 0 Å². The number of halogens is 2. The highest BCUT2D eigenvalue weighted by molar-refractivity contribution is 9.11. The molecule has 0 unspecified atom stereocenters. The van der Waals surface area contributed by atoms with Crippen molar-refractivity contribution in [1.29, 1.82) is 0 Å². The van der Waals surface area contributed by atoms with Gasteiger partial charge in [0, 0.05) is 4.47 Å². The van der Waals surface area contributed by atoms with Crippen molar-refractivity contribution < 1.29 is 22.7 Å². The topological polar surface area (TPSA) is 104 Å². The maximum atomic E-state index is 12.0. The van der Waals surface area contributed by atoms with Crippen LogP contribution < -0.4 is 5.14 Å². The molecule has 2 N–H and O–H groups in total. The van der Waals surface area contributed by atoms with E-state index in [0.717, 1.165) is 9.85 Å². The second-order valence-corrected chi connectivity index (χ2v) is 9.17. The lowest BCUT2D eigenvalue weighted by atomic mass is 10.2. The number of primary sulfonamides is 1. The first kappa shape index (κ1) is 18.3. The second-order valence-electron chi connectivity index (χ2n) is 4.29. The first-order valence-electron chi connectivity index (χ1n) is 5.96. The van der Waals surface area contributed by atoms with Crippen LogP contribution in [-0.4, -0.2) is 26.8 Å². The predicted molar refractivity (Wildman–Crippen MR) is 92.1 cm³/mol. The van der Waals surface area contributed by atoms with Gasteiger partial charge in [-0.2, -0.15) is 0 Å². The van der Waals surface area contributed by atoms with Crippen molar-refractivity contribution in [3.8, 4) is 0 Å². The molecule has 0 saturated heterocycles. The molecule has 0 aliphatic heterocycles. The Bertz CT molecular complexity index is 876. The number of hydrogen-bond donors (Lipinski definition) is 1. The Morgan fingerprint density at radius 1 is 1.17 bits per heavy atom. The fourth-order valence-corrected chi connectivity index (χ4v) is 3.84. The third-order valence-electron chi connectivity index (χ3n) is 2.67. The molecule has 0 aliphatic carbocycles. The molecule has 0 atom stereocenters. The van der Waals surface area contributed by atoms with Crippen molar-refractivity contribution in [2.45, 2.75) is 4.90 Å². The third kappa shape index (κ3) is 4.70. The number of carbonyl (C=O) groups excluding carboxylic acids is 2. The van der Waals surface area contributed by atoms with Crippen LogP contribution in [0.5, 0.6) is 0 Å². The van der Waals surface area contributed by atoms with E-state index in [1.807, 2.05) is 0 Å². The molecule has 0 radical (unpaired) electrons. The fraction of sp³-hybridized carbons (Fsp3) is 0.0769. The van der Waals surface area contributed by atoms with Gasteiger partial charge >= 0.3 is 5.97 Å². The lowest BCUT2D eigenvalue weighted by molar-refractivity contribution is 0.0474. The van der Waals surface area contributed by atoms with Crippen molar-refractivity contribution in [3.05, 3.63) is 49.0 Å². The van der Waals surface area contributed by atoms with Crippen LogP contribution in [-0.2, 0) is 14.8 Å². The summed E-state index contributed by atoms with van der Waals surface area (Å²) in [5, 5.41) is 5.02. The Balaban J connectivity index is 2.13. The number of sulfonamides is 1. The molecule has 0 fully saturated rings. The zero-order valence-electron chi connectivity index (χ0n) is 11.3. The molecule has 10 heteroatoms. The van der Waals surface area contributed by atoms with Gasteiger partial charge in [0.05, 0.1) is 19.1 Å². The Morgan fingerprint density at radius 3 is 2.43 bits per heavy atom. The van der Waals surface area contributed by atoms with E-state index < -0.39 is 22.6 Å². The molecule has 0 saturated carbocycles. The lowest BCUT2D eigenvalue weighted by Gasteiger charge is -2.07. The molecule has 2 rings (SSSR count). The maximum absolute atomic E-state index is 12.0. The van der Waals surface area contributed by atoms with Gasteiger partial charge in [0.25, 0.3) is 0 Å². The van der Waals surface area contributed by atoms with Crippen LogP contribution in [0.25, 0.3) is 0 Å². The molecule has 6 nitrogen and oxygen atoms in total. The minimum Gasteiger partial charge on any atom is -0.454 e. The zero-order valence-corrected chi connectivity index (χ0v) is 16.1. The van der Waals surface area contributed by atoms with Crippen LogP contribution in [0.1, 0.15) is 20.0 Å². The van der Waals surface area contributed by atoms with Crippen LogP contribution in [0.15, 0.2) is 43.5 Å².